The minimum Gasteiger partial charge on any atom is -0.390 e. The molecule has 9 fully saturated rings. The molecule has 13 rings (SSSR count). The predicted octanol–water partition coefficient (Wildman–Crippen LogP) is 18.1. The highest BCUT2D eigenvalue weighted by molar-refractivity contribution is 7.92. The normalized spacial score (nSPS) is 39.2. The molecule has 11 aliphatic rings. The topological polar surface area (TPSA) is 142 Å². The number of epoxide rings is 1. The van der Waals surface area contributed by atoms with Crippen LogP contribution >= 0.6 is 0 Å². The summed E-state index contributed by atoms with van der Waals surface area (Å²) in [5, 5.41) is 33.2. The standard InChI is InChI=1S/C39H60O4S.C30H44O3S.C9H16O/c1-6-38(40)19-17-31-28(25-38)12-13-33-32(31)16-18-37(5)34(14-15-35(33)37)27(2)24-30(44(42,43)29-10-8-7-9-11-29)26-39(41)22-20-36(3,4)21-23-39;1-4-30(31)18-15-24-22(20-30)10-11-26-25(24)14-17-29(3)27(12-13-28(26)29)21(2)16-19-34(32,33)23-8-6-5-7-9-23;1-8(2)3-5-9(6-4-8)7-10-9/h7-12,27,30-35,40-41H,6,13-26H2,1-5H3;5-10,21,24-28,31H,4,11-20H2,1-3H3;3-7H2,1-2H3/t27-,30?,31+,32-,33-,34-,35+,37-,38+;21-,24+,25-,26-,27-,28+,29-,30+;/m11./s1. The van der Waals surface area contributed by atoms with Crippen molar-refractivity contribution in [2.75, 3.05) is 12.4 Å². The van der Waals surface area contributed by atoms with E-state index in [1.54, 1.807) is 35.4 Å². The van der Waals surface area contributed by atoms with Gasteiger partial charge in [0, 0.05) is 0 Å². The van der Waals surface area contributed by atoms with Crippen molar-refractivity contribution >= 4 is 19.7 Å². The molecule has 2 aromatic carbocycles. The highest BCUT2D eigenvalue weighted by Crippen LogP contribution is 2.67. The van der Waals surface area contributed by atoms with Crippen LogP contribution in [0.5, 0.6) is 0 Å². The highest BCUT2D eigenvalue weighted by atomic mass is 32.2. The molecule has 8 saturated carbocycles. The largest absolute Gasteiger partial charge is 0.390 e. The van der Waals surface area contributed by atoms with Gasteiger partial charge < -0.3 is 20.1 Å². The van der Waals surface area contributed by atoms with Gasteiger partial charge in [0.1, 0.15) is 0 Å². The quantitative estimate of drug-likeness (QED) is 0.125. The minimum atomic E-state index is -3.57. The van der Waals surface area contributed by atoms with E-state index >= 15 is 0 Å². The monoisotopic (exact) mass is 1250 g/mol. The van der Waals surface area contributed by atoms with Crippen LogP contribution in [0.1, 0.15) is 255 Å². The summed E-state index contributed by atoms with van der Waals surface area (Å²) in [6, 6.07) is 18.0. The van der Waals surface area contributed by atoms with Gasteiger partial charge in [-0.05, 0) is 303 Å². The Morgan fingerprint density at radius 1 is 0.511 bits per heavy atom. The Morgan fingerprint density at radius 3 is 1.41 bits per heavy atom. The Morgan fingerprint density at radius 2 is 0.955 bits per heavy atom. The molecule has 0 aromatic heterocycles. The van der Waals surface area contributed by atoms with Crippen molar-refractivity contribution in [2.24, 2.45) is 92.7 Å². The molecular formula is C78H120O8S2. The van der Waals surface area contributed by atoms with E-state index in [-0.39, 0.29) is 22.5 Å². The summed E-state index contributed by atoms with van der Waals surface area (Å²) in [7, 11) is -6.78. The molecule has 1 saturated heterocycles. The van der Waals surface area contributed by atoms with Crippen molar-refractivity contribution in [3.8, 4) is 0 Å². The number of hydrogen-bond donors (Lipinski definition) is 3. The molecule has 1 heterocycles. The molecule has 1 aliphatic heterocycles. The zero-order valence-corrected chi connectivity index (χ0v) is 58.2. The number of fused-ring (bicyclic) bond motifs is 10. The maximum absolute atomic E-state index is 14.2. The fourth-order valence-corrected chi connectivity index (χ4v) is 25.6. The van der Waals surface area contributed by atoms with Crippen LogP contribution in [0.15, 0.2) is 93.8 Å². The van der Waals surface area contributed by atoms with Gasteiger partial charge in [-0.15, -0.1) is 0 Å². The third kappa shape index (κ3) is 13.8. The van der Waals surface area contributed by atoms with Crippen molar-refractivity contribution in [3.05, 3.63) is 84.0 Å². The average Bonchev–Trinajstić information content (AvgIpc) is 1.45. The van der Waals surface area contributed by atoms with Gasteiger partial charge in [0.25, 0.3) is 0 Å². The van der Waals surface area contributed by atoms with Crippen molar-refractivity contribution in [1.29, 1.82) is 0 Å². The van der Waals surface area contributed by atoms with Crippen LogP contribution in [-0.2, 0) is 24.4 Å². The third-order valence-electron chi connectivity index (χ3n) is 28.3. The molecule has 10 heteroatoms. The third-order valence-corrected chi connectivity index (χ3v) is 32.2. The number of allylic oxidation sites excluding steroid dienone is 2. The molecule has 88 heavy (non-hydrogen) atoms. The van der Waals surface area contributed by atoms with Crippen LogP contribution in [0.3, 0.4) is 0 Å². The zero-order valence-electron chi connectivity index (χ0n) is 56.6. The fourth-order valence-electron chi connectivity index (χ4n) is 22.1. The summed E-state index contributed by atoms with van der Waals surface area (Å²) in [6.45, 7) is 24.3. The van der Waals surface area contributed by atoms with Crippen molar-refractivity contribution in [3.63, 3.8) is 0 Å². The molecule has 0 bridgehead atoms. The molecule has 0 amide bonds. The van der Waals surface area contributed by atoms with Crippen LogP contribution in [0, 0.1) is 92.7 Å². The number of benzene rings is 2. The predicted molar refractivity (Wildman–Crippen MR) is 358 cm³/mol. The molecule has 0 radical (unpaired) electrons. The van der Waals surface area contributed by atoms with E-state index < -0.39 is 41.7 Å². The fraction of sp³-hybridized carbons (Fsp3) is 0.795. The Labute approximate surface area is 535 Å². The molecule has 1 spiro atoms. The lowest BCUT2D eigenvalue weighted by Gasteiger charge is -2.55. The van der Waals surface area contributed by atoms with Crippen LogP contribution < -0.4 is 0 Å². The molecule has 2 aromatic rings. The second kappa shape index (κ2) is 25.4. The van der Waals surface area contributed by atoms with Gasteiger partial charge in [-0.25, -0.2) is 16.8 Å². The first-order valence-electron chi connectivity index (χ1n) is 36.2. The van der Waals surface area contributed by atoms with Crippen molar-refractivity contribution in [2.45, 2.75) is 293 Å². The maximum Gasteiger partial charge on any atom is 0.181 e. The number of sulfone groups is 2. The van der Waals surface area contributed by atoms with E-state index in [0.29, 0.717) is 87.4 Å². The lowest BCUT2D eigenvalue weighted by atomic mass is 9.50. The first-order valence-corrected chi connectivity index (χ1v) is 39.4. The molecule has 10 aliphatic carbocycles. The smallest absolute Gasteiger partial charge is 0.181 e. The second-order valence-corrected chi connectivity index (χ2v) is 38.8. The van der Waals surface area contributed by atoms with Gasteiger partial charge in [0.15, 0.2) is 19.7 Å². The first-order chi connectivity index (χ1) is 41.5. The molecular weight excluding hydrogens is 1130 g/mol. The van der Waals surface area contributed by atoms with Crippen molar-refractivity contribution < 1.29 is 36.9 Å². The zero-order chi connectivity index (χ0) is 62.9. The van der Waals surface area contributed by atoms with Crippen LogP contribution in [0.25, 0.3) is 0 Å². The number of rotatable bonds is 14. The minimum absolute atomic E-state index is 0.212. The molecule has 3 N–H and O–H groups in total. The molecule has 492 valence electrons. The van der Waals surface area contributed by atoms with Gasteiger partial charge >= 0.3 is 0 Å². The second-order valence-electron chi connectivity index (χ2n) is 34.5. The number of aliphatic hydroxyl groups is 3. The number of hydrogen-bond acceptors (Lipinski definition) is 8. The van der Waals surface area contributed by atoms with Crippen molar-refractivity contribution in [1.82, 2.24) is 0 Å². The highest BCUT2D eigenvalue weighted by Gasteiger charge is 2.60. The van der Waals surface area contributed by atoms with Crippen LogP contribution in [-0.4, -0.2) is 72.2 Å². The van der Waals surface area contributed by atoms with E-state index in [2.05, 4.69) is 81.4 Å². The van der Waals surface area contributed by atoms with Crippen LogP contribution in [0.2, 0.25) is 0 Å². The summed E-state index contributed by atoms with van der Waals surface area (Å²) in [5.41, 5.74) is 3.03. The lowest BCUT2D eigenvalue weighted by molar-refractivity contribution is -0.0481. The van der Waals surface area contributed by atoms with Crippen LogP contribution in [0.4, 0.5) is 0 Å². The molecule has 1 unspecified atom stereocenters. The van der Waals surface area contributed by atoms with E-state index in [1.165, 1.54) is 83.5 Å². The van der Waals surface area contributed by atoms with Gasteiger partial charge in [0.2, 0.25) is 0 Å². The summed E-state index contributed by atoms with van der Waals surface area (Å²) in [4.78, 5) is 0.866. The summed E-state index contributed by atoms with van der Waals surface area (Å²) >= 11 is 0. The Kier molecular flexibility index (Phi) is 19.4. The SMILES string of the molecule is CC1(C)CCC2(CC1)CO2.CC[C@]1(O)CC[C@H]2C(=CC[C@@H]3[C@@H]2CC[C@]2(C)[C@@H]([C@H](C)CC(CC4(O)CCC(C)(C)CC4)S(=O)(=O)c4ccccc4)CC[C@@H]32)C1.CC[C@]1(O)CC[C@H]2C(=CC[C@@H]3[C@@H]2CC[C@]2(C)[C@@H]([C@H](C)CCS(=O)(=O)c4ccccc4)CC[C@@H]32)C1. The van der Waals surface area contributed by atoms with Gasteiger partial charge in [-0.2, -0.15) is 0 Å². The lowest BCUT2D eigenvalue weighted by Crippen LogP contribution is -2.48. The van der Waals surface area contributed by atoms with Gasteiger partial charge in [-0.1, -0.05) is 129 Å². The summed E-state index contributed by atoms with van der Waals surface area (Å²) < 4.78 is 59.7. The van der Waals surface area contributed by atoms with E-state index in [0.717, 1.165) is 113 Å². The van der Waals surface area contributed by atoms with Gasteiger partial charge in [0.05, 0.1) is 49.8 Å². The maximum atomic E-state index is 14.2. The van der Waals surface area contributed by atoms with Gasteiger partial charge in [-0.3, -0.25) is 0 Å². The van der Waals surface area contributed by atoms with E-state index in [1.807, 2.05) is 36.4 Å². The first kappa shape index (κ1) is 67.1. The molecule has 17 atom stereocenters. The Hall–Kier alpha value is -2.34. The summed E-state index contributed by atoms with van der Waals surface area (Å²) in [6.07, 6.45) is 35.6. The summed E-state index contributed by atoms with van der Waals surface area (Å²) in [5.74, 6) is 8.02. The Bertz CT molecular complexity index is 2990. The average molecular weight is 1250 g/mol. The van der Waals surface area contributed by atoms with E-state index in [9.17, 15) is 32.2 Å². The van der Waals surface area contributed by atoms with E-state index in [4.69, 9.17) is 4.74 Å². The Balaban J connectivity index is 0.000000160. The number of ether oxygens (including phenoxy) is 1. The molecule has 8 nitrogen and oxygen atoms in total.